The highest BCUT2D eigenvalue weighted by molar-refractivity contribution is 7.87. The van der Waals surface area contributed by atoms with E-state index in [0.29, 0.717) is 0 Å². The van der Waals surface area contributed by atoms with Crippen molar-refractivity contribution in [2.75, 3.05) is 40.5 Å². The van der Waals surface area contributed by atoms with Crippen molar-refractivity contribution >= 4 is 16.2 Å². The van der Waals surface area contributed by atoms with Gasteiger partial charge in [-0.05, 0) is 0 Å². The van der Waals surface area contributed by atoms with E-state index in [9.17, 15) is 13.2 Å². The molecule has 0 radical (unpaired) electrons. The Hall–Kier alpha value is -0.780. The van der Waals surface area contributed by atoms with E-state index in [-0.39, 0.29) is 13.0 Å². The van der Waals surface area contributed by atoms with Gasteiger partial charge in [0.15, 0.2) is 0 Å². The minimum absolute atomic E-state index is 0.139. The van der Waals surface area contributed by atoms with Gasteiger partial charge in [-0.3, -0.25) is 4.79 Å². The van der Waals surface area contributed by atoms with Crippen LogP contribution < -0.4 is 4.72 Å². The van der Waals surface area contributed by atoms with Crippen molar-refractivity contribution < 1.29 is 33.3 Å². The zero-order valence-electron chi connectivity index (χ0n) is 10.9. The van der Waals surface area contributed by atoms with Gasteiger partial charge in [0.2, 0.25) is 0 Å². The zero-order valence-corrected chi connectivity index (χ0v) is 11.7. The summed E-state index contributed by atoms with van der Waals surface area (Å²) in [4.78, 5) is 10.9. The van der Waals surface area contributed by atoms with Crippen LogP contribution in [0.4, 0.5) is 0 Å². The maximum absolute atomic E-state index is 11.9. The second-order valence-corrected chi connectivity index (χ2v) is 5.79. The van der Waals surface area contributed by atoms with Crippen molar-refractivity contribution in [3.8, 4) is 0 Å². The fraction of sp³-hybridized carbons (Fsp3) is 0.889. The minimum atomic E-state index is -4.06. The van der Waals surface area contributed by atoms with Crippen molar-refractivity contribution in [3.63, 3.8) is 0 Å². The molecule has 9 nitrogen and oxygen atoms in total. The van der Waals surface area contributed by atoms with Crippen molar-refractivity contribution in [1.29, 1.82) is 0 Å². The molecule has 0 saturated heterocycles. The molecule has 114 valence electrons. The second kappa shape index (κ2) is 7.72. The lowest BCUT2D eigenvalue weighted by Crippen LogP contribution is -2.59. The van der Waals surface area contributed by atoms with Gasteiger partial charge >= 0.3 is 5.97 Å². The molecule has 0 aromatic heterocycles. The SMILES string of the molecule is COC(=O)CCN(C)S(=O)(=O)NC(CO)(CO)CO. The summed E-state index contributed by atoms with van der Waals surface area (Å²) in [7, 11) is -1.67. The normalized spacial score (nSPS) is 12.7. The van der Waals surface area contributed by atoms with E-state index in [1.807, 2.05) is 4.72 Å². The molecule has 0 aliphatic rings. The van der Waals surface area contributed by atoms with Crippen LogP contribution in [0.15, 0.2) is 0 Å². The standard InChI is InChI=1S/C9H20N2O7S/c1-11(4-3-8(15)18-2)19(16,17)10-9(5-12,6-13)7-14/h10,12-14H,3-7H2,1-2H3. The van der Waals surface area contributed by atoms with Gasteiger partial charge in [0.1, 0.15) is 5.54 Å². The summed E-state index contributed by atoms with van der Waals surface area (Å²) in [6.07, 6.45) is -0.141. The molecule has 0 amide bonds. The molecular weight excluding hydrogens is 280 g/mol. The maximum atomic E-state index is 11.9. The molecule has 0 atom stereocenters. The van der Waals surface area contributed by atoms with Crippen LogP contribution in [0.2, 0.25) is 0 Å². The summed E-state index contributed by atoms with van der Waals surface area (Å²) in [5.41, 5.74) is -1.75. The highest BCUT2D eigenvalue weighted by Gasteiger charge is 2.34. The largest absolute Gasteiger partial charge is 0.469 e. The Morgan fingerprint density at radius 3 is 2.11 bits per heavy atom. The molecule has 0 saturated carbocycles. The number of carbonyl (C=O) groups excluding carboxylic acids is 1. The third-order valence-electron chi connectivity index (χ3n) is 2.52. The zero-order chi connectivity index (χ0) is 15.1. The molecule has 0 rings (SSSR count). The highest BCUT2D eigenvalue weighted by atomic mass is 32.2. The van der Waals surface area contributed by atoms with Crippen LogP contribution in [0.25, 0.3) is 0 Å². The van der Waals surface area contributed by atoms with Gasteiger partial charge in [-0.1, -0.05) is 0 Å². The Bertz CT molecular complexity index is 372. The highest BCUT2D eigenvalue weighted by Crippen LogP contribution is 2.07. The molecule has 0 fully saturated rings. The topological polar surface area (TPSA) is 136 Å². The van der Waals surface area contributed by atoms with E-state index >= 15 is 0 Å². The molecule has 0 bridgehead atoms. The molecule has 19 heavy (non-hydrogen) atoms. The average molecular weight is 300 g/mol. The lowest BCUT2D eigenvalue weighted by Gasteiger charge is -2.30. The fourth-order valence-corrected chi connectivity index (χ4v) is 2.30. The summed E-state index contributed by atoms with van der Waals surface area (Å²) in [5, 5.41) is 27.1. The van der Waals surface area contributed by atoms with Gasteiger partial charge in [0.25, 0.3) is 10.2 Å². The summed E-state index contributed by atoms with van der Waals surface area (Å²) >= 11 is 0. The Morgan fingerprint density at radius 1 is 1.26 bits per heavy atom. The minimum Gasteiger partial charge on any atom is -0.469 e. The van der Waals surface area contributed by atoms with Crippen LogP contribution >= 0.6 is 0 Å². The summed E-state index contributed by atoms with van der Waals surface area (Å²) in [5.74, 6) is -0.570. The van der Waals surface area contributed by atoms with Gasteiger partial charge in [0.05, 0.1) is 33.4 Å². The predicted octanol–water partition coefficient (Wildman–Crippen LogP) is -2.97. The van der Waals surface area contributed by atoms with Crippen LogP contribution in [0.5, 0.6) is 0 Å². The predicted molar refractivity (Wildman–Crippen MR) is 65.3 cm³/mol. The van der Waals surface area contributed by atoms with Crippen LogP contribution in [0, 0.1) is 0 Å². The average Bonchev–Trinajstić information content (AvgIpc) is 2.41. The molecule has 10 heteroatoms. The van der Waals surface area contributed by atoms with Crippen molar-refractivity contribution in [2.24, 2.45) is 0 Å². The first kappa shape index (κ1) is 18.2. The number of nitrogens with zero attached hydrogens (tertiary/aromatic N) is 1. The molecule has 0 aromatic rings. The first-order valence-electron chi connectivity index (χ1n) is 5.41. The number of hydrogen-bond donors (Lipinski definition) is 4. The van der Waals surface area contributed by atoms with Gasteiger partial charge in [0, 0.05) is 13.6 Å². The van der Waals surface area contributed by atoms with E-state index in [2.05, 4.69) is 4.74 Å². The third-order valence-corrected chi connectivity index (χ3v) is 4.22. The van der Waals surface area contributed by atoms with Gasteiger partial charge in [-0.2, -0.15) is 17.4 Å². The van der Waals surface area contributed by atoms with Crippen molar-refractivity contribution in [2.45, 2.75) is 12.0 Å². The number of nitrogens with one attached hydrogen (secondary N) is 1. The van der Waals surface area contributed by atoms with Crippen molar-refractivity contribution in [3.05, 3.63) is 0 Å². The maximum Gasteiger partial charge on any atom is 0.306 e. The number of methoxy groups -OCH3 is 1. The quantitative estimate of drug-likeness (QED) is 0.334. The first-order chi connectivity index (χ1) is 8.76. The summed E-state index contributed by atoms with van der Waals surface area (Å²) < 4.78 is 30.9. The molecule has 0 aliphatic heterocycles. The van der Waals surface area contributed by atoms with Crippen LogP contribution in [0.3, 0.4) is 0 Å². The van der Waals surface area contributed by atoms with E-state index < -0.39 is 41.5 Å². The number of ether oxygens (including phenoxy) is 1. The number of aliphatic hydroxyl groups excluding tert-OH is 3. The first-order valence-corrected chi connectivity index (χ1v) is 6.85. The number of rotatable bonds is 9. The molecule has 0 aliphatic carbocycles. The van der Waals surface area contributed by atoms with Crippen LogP contribution in [-0.2, 0) is 19.7 Å². The Labute approximate surface area is 112 Å². The lowest BCUT2D eigenvalue weighted by molar-refractivity contribution is -0.140. The van der Waals surface area contributed by atoms with Crippen LogP contribution in [-0.4, -0.2) is 80.1 Å². The molecule has 0 heterocycles. The van der Waals surface area contributed by atoms with Gasteiger partial charge in [-0.15, -0.1) is 0 Å². The lowest BCUT2D eigenvalue weighted by atomic mass is 10.1. The monoisotopic (exact) mass is 300 g/mol. The molecule has 0 spiro atoms. The fourth-order valence-electron chi connectivity index (χ4n) is 1.07. The number of carbonyl (C=O) groups is 1. The molecular formula is C9H20N2O7S. The Balaban J connectivity index is 4.73. The Morgan fingerprint density at radius 2 is 1.74 bits per heavy atom. The van der Waals surface area contributed by atoms with E-state index in [4.69, 9.17) is 15.3 Å². The Kier molecular flexibility index (Phi) is 7.41. The number of aliphatic hydroxyl groups is 3. The summed E-state index contributed by atoms with van der Waals surface area (Å²) in [6, 6.07) is 0. The van der Waals surface area contributed by atoms with Gasteiger partial charge in [-0.25, -0.2) is 0 Å². The molecule has 0 unspecified atom stereocenters. The number of esters is 1. The van der Waals surface area contributed by atoms with Crippen LogP contribution in [0.1, 0.15) is 6.42 Å². The third kappa shape index (κ3) is 5.38. The van der Waals surface area contributed by atoms with E-state index in [0.717, 1.165) is 4.31 Å². The number of hydrogen-bond acceptors (Lipinski definition) is 7. The smallest absolute Gasteiger partial charge is 0.306 e. The van der Waals surface area contributed by atoms with E-state index in [1.165, 1.54) is 14.2 Å². The molecule has 0 aromatic carbocycles. The molecule has 4 N–H and O–H groups in total. The van der Waals surface area contributed by atoms with Gasteiger partial charge < -0.3 is 20.1 Å². The van der Waals surface area contributed by atoms with E-state index in [1.54, 1.807) is 0 Å². The summed E-state index contributed by atoms with van der Waals surface area (Å²) in [6.45, 7) is -2.46. The van der Waals surface area contributed by atoms with Crippen molar-refractivity contribution in [1.82, 2.24) is 9.03 Å². The second-order valence-electron chi connectivity index (χ2n) is 4.01.